The highest BCUT2D eigenvalue weighted by atomic mass is 16.1. The number of nitrogens with one attached hydrogen (secondary N) is 1. The number of carbonyl (C=O) groups is 1. The van der Waals surface area contributed by atoms with Crippen LogP contribution in [0.1, 0.15) is 43.4 Å². The van der Waals surface area contributed by atoms with Crippen molar-refractivity contribution in [2.45, 2.75) is 47.0 Å². The van der Waals surface area contributed by atoms with Gasteiger partial charge < -0.3 is 5.32 Å². The van der Waals surface area contributed by atoms with Gasteiger partial charge in [-0.3, -0.25) is 4.79 Å². The van der Waals surface area contributed by atoms with E-state index >= 15 is 0 Å². The monoisotopic (exact) mass is 247 g/mol. The fourth-order valence-corrected chi connectivity index (χ4v) is 1.81. The van der Waals surface area contributed by atoms with Crippen LogP contribution in [0.25, 0.3) is 0 Å². The summed E-state index contributed by atoms with van der Waals surface area (Å²) in [4.78, 5) is 11.6. The second-order valence-electron chi connectivity index (χ2n) is 5.45. The van der Waals surface area contributed by atoms with Crippen molar-refractivity contribution < 1.29 is 4.79 Å². The van der Waals surface area contributed by atoms with Gasteiger partial charge in [0.25, 0.3) is 0 Å². The molecule has 2 nitrogen and oxygen atoms in total. The van der Waals surface area contributed by atoms with Gasteiger partial charge in [-0.05, 0) is 49.3 Å². The molecule has 1 aromatic rings. The molecular formula is C16H25NO. The third kappa shape index (κ3) is 5.35. The highest BCUT2D eigenvalue weighted by molar-refractivity contribution is 5.76. The summed E-state index contributed by atoms with van der Waals surface area (Å²) >= 11 is 0. The van der Waals surface area contributed by atoms with Gasteiger partial charge in [0.05, 0.1) is 0 Å². The van der Waals surface area contributed by atoms with Crippen molar-refractivity contribution >= 4 is 5.91 Å². The summed E-state index contributed by atoms with van der Waals surface area (Å²) < 4.78 is 0. The molecule has 0 unspecified atom stereocenters. The molecule has 1 amide bonds. The summed E-state index contributed by atoms with van der Waals surface area (Å²) in [5.41, 5.74) is 3.85. The third-order valence-electron chi connectivity index (χ3n) is 3.26. The molecule has 0 aliphatic carbocycles. The molecule has 100 valence electrons. The van der Waals surface area contributed by atoms with Crippen LogP contribution < -0.4 is 5.32 Å². The number of rotatable bonds is 6. The summed E-state index contributed by atoms with van der Waals surface area (Å²) in [5, 5.41) is 2.97. The van der Waals surface area contributed by atoms with E-state index in [1.165, 1.54) is 16.7 Å². The van der Waals surface area contributed by atoms with Crippen molar-refractivity contribution in [3.63, 3.8) is 0 Å². The summed E-state index contributed by atoms with van der Waals surface area (Å²) in [6, 6.07) is 6.42. The first-order valence-electron chi connectivity index (χ1n) is 6.82. The van der Waals surface area contributed by atoms with Crippen LogP contribution in [0.2, 0.25) is 0 Å². The van der Waals surface area contributed by atoms with Gasteiger partial charge in [0.2, 0.25) is 5.91 Å². The topological polar surface area (TPSA) is 29.1 Å². The molecule has 0 saturated heterocycles. The van der Waals surface area contributed by atoms with E-state index in [9.17, 15) is 4.79 Å². The maximum absolute atomic E-state index is 11.6. The summed E-state index contributed by atoms with van der Waals surface area (Å²) in [5.74, 6) is 0.805. The normalized spacial score (nSPS) is 10.7. The van der Waals surface area contributed by atoms with Gasteiger partial charge in [-0.2, -0.15) is 0 Å². The summed E-state index contributed by atoms with van der Waals surface area (Å²) in [6.07, 6.45) is 2.46. The lowest BCUT2D eigenvalue weighted by Crippen LogP contribution is -2.25. The lowest BCUT2D eigenvalue weighted by Gasteiger charge is -2.08. The van der Waals surface area contributed by atoms with Crippen molar-refractivity contribution in [2.75, 3.05) is 6.54 Å². The molecule has 0 fully saturated rings. The third-order valence-corrected chi connectivity index (χ3v) is 3.26. The van der Waals surface area contributed by atoms with E-state index in [0.717, 1.165) is 19.4 Å². The Labute approximate surface area is 111 Å². The second kappa shape index (κ2) is 7.20. The standard InChI is InChI=1S/C16H25NO/c1-12(2)9-10-17-16(18)8-7-15-6-5-13(3)14(4)11-15/h5-6,11-12H,7-10H2,1-4H3,(H,17,18). The number of benzene rings is 1. The van der Waals surface area contributed by atoms with Crippen molar-refractivity contribution in [3.8, 4) is 0 Å². The zero-order valence-electron chi connectivity index (χ0n) is 12.0. The molecule has 0 atom stereocenters. The zero-order valence-corrected chi connectivity index (χ0v) is 12.0. The molecule has 0 aliphatic heterocycles. The first-order chi connectivity index (χ1) is 8.49. The average molecular weight is 247 g/mol. The molecule has 1 N–H and O–H groups in total. The van der Waals surface area contributed by atoms with Gasteiger partial charge in [0, 0.05) is 13.0 Å². The van der Waals surface area contributed by atoms with Gasteiger partial charge in [-0.1, -0.05) is 32.0 Å². The lowest BCUT2D eigenvalue weighted by atomic mass is 10.0. The van der Waals surface area contributed by atoms with Crippen LogP contribution in [-0.2, 0) is 11.2 Å². The SMILES string of the molecule is Cc1ccc(CCC(=O)NCCC(C)C)cc1C. The van der Waals surface area contributed by atoms with Crippen LogP contribution in [-0.4, -0.2) is 12.5 Å². The fraction of sp³-hybridized carbons (Fsp3) is 0.562. The zero-order chi connectivity index (χ0) is 13.5. The Balaban J connectivity index is 2.31. The minimum atomic E-state index is 0.161. The largest absolute Gasteiger partial charge is 0.356 e. The molecule has 2 heteroatoms. The first kappa shape index (κ1) is 14.7. The molecule has 18 heavy (non-hydrogen) atoms. The molecule has 0 radical (unpaired) electrons. The van der Waals surface area contributed by atoms with E-state index < -0.39 is 0 Å². The van der Waals surface area contributed by atoms with E-state index in [0.29, 0.717) is 12.3 Å². The quantitative estimate of drug-likeness (QED) is 0.820. The number of aryl methyl sites for hydroxylation is 3. The number of amides is 1. The Morgan fingerprint density at radius 2 is 1.94 bits per heavy atom. The van der Waals surface area contributed by atoms with E-state index in [4.69, 9.17) is 0 Å². The van der Waals surface area contributed by atoms with Crippen LogP contribution in [0.5, 0.6) is 0 Å². The number of hydrogen-bond donors (Lipinski definition) is 1. The maximum Gasteiger partial charge on any atom is 0.220 e. The molecule has 0 saturated carbocycles. The molecule has 1 aromatic carbocycles. The van der Waals surface area contributed by atoms with E-state index in [2.05, 4.69) is 51.2 Å². The van der Waals surface area contributed by atoms with E-state index in [-0.39, 0.29) is 5.91 Å². The Kier molecular flexibility index (Phi) is 5.90. The second-order valence-corrected chi connectivity index (χ2v) is 5.45. The fourth-order valence-electron chi connectivity index (χ4n) is 1.81. The Hall–Kier alpha value is -1.31. The van der Waals surface area contributed by atoms with Crippen molar-refractivity contribution in [1.82, 2.24) is 5.32 Å². The van der Waals surface area contributed by atoms with Gasteiger partial charge in [-0.15, -0.1) is 0 Å². The Morgan fingerprint density at radius 1 is 1.22 bits per heavy atom. The van der Waals surface area contributed by atoms with Crippen molar-refractivity contribution in [2.24, 2.45) is 5.92 Å². The van der Waals surface area contributed by atoms with Gasteiger partial charge in [-0.25, -0.2) is 0 Å². The smallest absolute Gasteiger partial charge is 0.220 e. The lowest BCUT2D eigenvalue weighted by molar-refractivity contribution is -0.121. The van der Waals surface area contributed by atoms with Crippen LogP contribution in [0.4, 0.5) is 0 Å². The van der Waals surface area contributed by atoms with Gasteiger partial charge in [0.15, 0.2) is 0 Å². The molecule has 0 aromatic heterocycles. The Morgan fingerprint density at radius 3 is 2.56 bits per heavy atom. The summed E-state index contributed by atoms with van der Waals surface area (Å²) in [6.45, 7) is 9.35. The first-order valence-corrected chi connectivity index (χ1v) is 6.82. The van der Waals surface area contributed by atoms with Crippen LogP contribution in [0, 0.1) is 19.8 Å². The van der Waals surface area contributed by atoms with E-state index in [1.54, 1.807) is 0 Å². The van der Waals surface area contributed by atoms with Gasteiger partial charge in [0.1, 0.15) is 0 Å². The highest BCUT2D eigenvalue weighted by Crippen LogP contribution is 2.11. The van der Waals surface area contributed by atoms with Crippen LogP contribution in [0.3, 0.4) is 0 Å². The molecule has 0 heterocycles. The van der Waals surface area contributed by atoms with Crippen molar-refractivity contribution in [3.05, 3.63) is 34.9 Å². The number of hydrogen-bond acceptors (Lipinski definition) is 1. The van der Waals surface area contributed by atoms with Crippen LogP contribution >= 0.6 is 0 Å². The van der Waals surface area contributed by atoms with Crippen molar-refractivity contribution in [1.29, 1.82) is 0 Å². The molecule has 1 rings (SSSR count). The number of carbonyl (C=O) groups excluding carboxylic acids is 1. The molecular weight excluding hydrogens is 222 g/mol. The summed E-state index contributed by atoms with van der Waals surface area (Å²) in [7, 11) is 0. The molecule has 0 bridgehead atoms. The minimum absolute atomic E-state index is 0.161. The molecule has 0 spiro atoms. The highest BCUT2D eigenvalue weighted by Gasteiger charge is 2.03. The minimum Gasteiger partial charge on any atom is -0.356 e. The average Bonchev–Trinajstić information content (AvgIpc) is 2.30. The van der Waals surface area contributed by atoms with E-state index in [1.807, 2.05) is 0 Å². The predicted molar refractivity (Wildman–Crippen MR) is 76.7 cm³/mol. The molecule has 0 aliphatic rings. The van der Waals surface area contributed by atoms with Gasteiger partial charge >= 0.3 is 0 Å². The predicted octanol–water partition coefficient (Wildman–Crippen LogP) is 3.40. The maximum atomic E-state index is 11.6. The Bertz CT molecular complexity index is 396. The van der Waals surface area contributed by atoms with Crippen LogP contribution in [0.15, 0.2) is 18.2 Å².